The van der Waals surface area contributed by atoms with Gasteiger partial charge in [0.25, 0.3) is 0 Å². The minimum absolute atomic E-state index is 0. The molecule has 0 saturated carbocycles. The van der Waals surface area contributed by atoms with Crippen LogP contribution < -0.4 is 10.2 Å². The third kappa shape index (κ3) is 4.91. The Kier molecular flexibility index (Phi) is 7.60. The number of pyridine rings is 1. The van der Waals surface area contributed by atoms with Crippen LogP contribution in [0.1, 0.15) is 13.8 Å². The van der Waals surface area contributed by atoms with E-state index >= 15 is 0 Å². The molecule has 0 unspecified atom stereocenters. The second-order valence-corrected chi connectivity index (χ2v) is 8.44. The Hall–Kier alpha value is -3.01. The van der Waals surface area contributed by atoms with Crippen LogP contribution in [0.25, 0.3) is 33.4 Å². The van der Waals surface area contributed by atoms with Crippen LogP contribution in [0.2, 0.25) is 0 Å². The van der Waals surface area contributed by atoms with Crippen LogP contribution in [0, 0.1) is 5.82 Å². The van der Waals surface area contributed by atoms with E-state index in [2.05, 4.69) is 44.3 Å². The van der Waals surface area contributed by atoms with Gasteiger partial charge in [0.05, 0.1) is 0 Å². The number of aromatic hydroxyl groups is 1. The van der Waals surface area contributed by atoms with E-state index in [-0.39, 0.29) is 30.6 Å². The molecule has 2 N–H and O–H groups in total. The van der Waals surface area contributed by atoms with Crippen molar-refractivity contribution in [3.05, 3.63) is 48.5 Å². The van der Waals surface area contributed by atoms with Crippen LogP contribution in [0.15, 0.2) is 42.7 Å². The molecule has 0 radical (unpaired) electrons. The molecule has 34 heavy (non-hydrogen) atoms. The lowest BCUT2D eigenvalue weighted by Gasteiger charge is -2.36. The molecule has 5 rings (SSSR count). The van der Waals surface area contributed by atoms with Gasteiger partial charge in [-0.1, -0.05) is 0 Å². The zero-order valence-corrected chi connectivity index (χ0v) is 20.6. The SMILES string of the molecule is C[C@@H]1CN(c2ccc(-c3ncc(-c4cc(F)c5nn(C)cc5c4)cc3O)nn2)C[C@@H](C)N1.Cl.Cl. The Morgan fingerprint density at radius 1 is 1.03 bits per heavy atom. The first-order chi connectivity index (χ1) is 15.4. The topological polar surface area (TPSA) is 92.0 Å². The maximum Gasteiger partial charge on any atom is 0.151 e. The average molecular weight is 506 g/mol. The standard InChI is InChI=1S/C23H24FN7O.2ClH/c1-13-10-31(11-14(2)26-13)21-5-4-19(27-28-21)23-20(32)8-16(9-25-23)15-6-17-12-30(3)29-22(17)18(24)7-15;;/h4-9,12-14,26,32H,10-11H2,1-3H3;2*1H/t13-,14-;;/m1../s1. The van der Waals surface area contributed by atoms with Crippen molar-refractivity contribution in [2.45, 2.75) is 25.9 Å². The molecule has 0 bridgehead atoms. The molecule has 1 fully saturated rings. The largest absolute Gasteiger partial charge is 0.506 e. The lowest BCUT2D eigenvalue weighted by Crippen LogP contribution is -2.54. The van der Waals surface area contributed by atoms with Crippen LogP contribution in [0.4, 0.5) is 10.2 Å². The van der Waals surface area contributed by atoms with Crippen LogP contribution >= 0.6 is 24.8 Å². The van der Waals surface area contributed by atoms with E-state index in [1.54, 1.807) is 30.2 Å². The van der Waals surface area contributed by atoms with Crippen molar-refractivity contribution in [1.29, 1.82) is 0 Å². The van der Waals surface area contributed by atoms with E-state index in [1.165, 1.54) is 6.07 Å². The molecule has 4 heterocycles. The molecular weight excluding hydrogens is 480 g/mol. The Labute approximate surface area is 209 Å². The van der Waals surface area contributed by atoms with Gasteiger partial charge < -0.3 is 15.3 Å². The lowest BCUT2D eigenvalue weighted by molar-refractivity contribution is 0.404. The Morgan fingerprint density at radius 3 is 2.41 bits per heavy atom. The third-order valence-corrected chi connectivity index (χ3v) is 5.65. The smallest absolute Gasteiger partial charge is 0.151 e. The lowest BCUT2D eigenvalue weighted by atomic mass is 10.0. The van der Waals surface area contributed by atoms with E-state index in [0.29, 0.717) is 45.5 Å². The number of hydrogen-bond donors (Lipinski definition) is 2. The summed E-state index contributed by atoms with van der Waals surface area (Å²) in [5, 5.41) is 27.6. The van der Waals surface area contributed by atoms with Gasteiger partial charge in [-0.15, -0.1) is 35.0 Å². The highest BCUT2D eigenvalue weighted by molar-refractivity contribution is 5.86. The molecule has 8 nitrogen and oxygen atoms in total. The normalized spacial score (nSPS) is 17.8. The number of anilines is 1. The highest BCUT2D eigenvalue weighted by atomic mass is 35.5. The Bertz CT molecular complexity index is 1290. The summed E-state index contributed by atoms with van der Waals surface area (Å²) in [4.78, 5) is 6.58. The minimum atomic E-state index is -0.417. The number of aromatic nitrogens is 5. The second-order valence-electron chi connectivity index (χ2n) is 8.44. The van der Waals surface area contributed by atoms with Gasteiger partial charge in [0.1, 0.15) is 22.7 Å². The molecular formula is C23H26Cl2FN7O. The second kappa shape index (κ2) is 10.1. The number of aryl methyl sites for hydroxylation is 1. The summed E-state index contributed by atoms with van der Waals surface area (Å²) >= 11 is 0. The zero-order valence-electron chi connectivity index (χ0n) is 18.9. The van der Waals surface area contributed by atoms with Gasteiger partial charge in [0, 0.05) is 55.6 Å². The van der Waals surface area contributed by atoms with Crippen molar-refractivity contribution in [2.75, 3.05) is 18.0 Å². The number of piperazine rings is 1. The van der Waals surface area contributed by atoms with Crippen molar-refractivity contribution in [3.8, 4) is 28.3 Å². The zero-order chi connectivity index (χ0) is 22.4. The summed E-state index contributed by atoms with van der Waals surface area (Å²) in [7, 11) is 1.75. The highest BCUT2D eigenvalue weighted by Gasteiger charge is 2.22. The van der Waals surface area contributed by atoms with E-state index < -0.39 is 5.82 Å². The summed E-state index contributed by atoms with van der Waals surface area (Å²) in [6.07, 6.45) is 3.35. The monoisotopic (exact) mass is 505 g/mol. The molecule has 11 heteroatoms. The van der Waals surface area contributed by atoms with Crippen LogP contribution in [-0.2, 0) is 7.05 Å². The number of halogens is 3. The molecule has 180 valence electrons. The predicted molar refractivity (Wildman–Crippen MR) is 135 cm³/mol. The summed E-state index contributed by atoms with van der Waals surface area (Å²) in [6.45, 7) is 6.00. The van der Waals surface area contributed by atoms with Gasteiger partial charge in [-0.05, 0) is 49.7 Å². The molecule has 0 amide bonds. The summed E-state index contributed by atoms with van der Waals surface area (Å²) in [5.74, 6) is 0.339. The molecule has 0 aliphatic carbocycles. The first-order valence-corrected chi connectivity index (χ1v) is 10.5. The van der Waals surface area contributed by atoms with E-state index in [4.69, 9.17) is 0 Å². The first kappa shape index (κ1) is 25.6. The molecule has 0 spiro atoms. The first-order valence-electron chi connectivity index (χ1n) is 10.5. The molecule has 3 aromatic heterocycles. The van der Waals surface area contributed by atoms with E-state index in [1.807, 2.05) is 18.2 Å². The number of nitrogens with one attached hydrogen (secondary N) is 1. The number of fused-ring (bicyclic) bond motifs is 1. The minimum Gasteiger partial charge on any atom is -0.506 e. The molecule has 1 aliphatic rings. The van der Waals surface area contributed by atoms with Gasteiger partial charge in [0.2, 0.25) is 0 Å². The molecule has 4 aromatic rings. The van der Waals surface area contributed by atoms with Gasteiger partial charge in [0.15, 0.2) is 11.6 Å². The fraction of sp³-hybridized carbons (Fsp3) is 0.304. The van der Waals surface area contributed by atoms with Gasteiger partial charge in [-0.2, -0.15) is 5.10 Å². The van der Waals surface area contributed by atoms with Crippen LogP contribution in [0.3, 0.4) is 0 Å². The third-order valence-electron chi connectivity index (χ3n) is 5.65. The van der Waals surface area contributed by atoms with Gasteiger partial charge in [-0.3, -0.25) is 4.68 Å². The fourth-order valence-corrected chi connectivity index (χ4v) is 4.32. The number of nitrogens with zero attached hydrogens (tertiary/aromatic N) is 6. The van der Waals surface area contributed by atoms with Crippen molar-refractivity contribution in [1.82, 2.24) is 30.3 Å². The van der Waals surface area contributed by atoms with E-state index in [0.717, 1.165) is 18.9 Å². The quantitative estimate of drug-likeness (QED) is 0.435. The average Bonchev–Trinajstić information content (AvgIpc) is 3.14. The number of benzene rings is 1. The van der Waals surface area contributed by atoms with Gasteiger partial charge >= 0.3 is 0 Å². The van der Waals surface area contributed by atoms with Crippen molar-refractivity contribution in [3.63, 3.8) is 0 Å². The van der Waals surface area contributed by atoms with Crippen molar-refractivity contribution < 1.29 is 9.50 Å². The molecule has 1 aliphatic heterocycles. The Morgan fingerprint density at radius 2 is 1.76 bits per heavy atom. The van der Waals surface area contributed by atoms with Crippen molar-refractivity contribution >= 4 is 41.5 Å². The van der Waals surface area contributed by atoms with Crippen LogP contribution in [-0.4, -0.2) is 55.2 Å². The maximum atomic E-state index is 14.4. The van der Waals surface area contributed by atoms with Gasteiger partial charge in [-0.25, -0.2) is 9.37 Å². The predicted octanol–water partition coefficient (Wildman–Crippen LogP) is 3.97. The summed E-state index contributed by atoms with van der Waals surface area (Å²) in [6, 6.07) is 9.23. The molecule has 1 aromatic carbocycles. The molecule has 2 atom stereocenters. The number of rotatable bonds is 3. The molecule has 1 saturated heterocycles. The van der Waals surface area contributed by atoms with Crippen LogP contribution in [0.5, 0.6) is 5.75 Å². The van der Waals surface area contributed by atoms with E-state index in [9.17, 15) is 9.50 Å². The van der Waals surface area contributed by atoms with Crippen molar-refractivity contribution in [2.24, 2.45) is 7.05 Å². The number of hydrogen-bond acceptors (Lipinski definition) is 7. The maximum absolute atomic E-state index is 14.4. The fourth-order valence-electron chi connectivity index (χ4n) is 4.32. The summed E-state index contributed by atoms with van der Waals surface area (Å²) < 4.78 is 16.0. The summed E-state index contributed by atoms with van der Waals surface area (Å²) in [5.41, 5.74) is 2.33. The Balaban J connectivity index is 0.00000162. The highest BCUT2D eigenvalue weighted by Crippen LogP contribution is 2.32.